The molecule has 0 spiro atoms. The lowest BCUT2D eigenvalue weighted by Crippen LogP contribution is -2.39. The summed E-state index contributed by atoms with van der Waals surface area (Å²) in [6, 6.07) is 2.10. The fourth-order valence-corrected chi connectivity index (χ4v) is 2.18. The monoisotopic (exact) mass is 305 g/mol. The molecule has 2 heterocycles. The van der Waals surface area contributed by atoms with Crippen molar-refractivity contribution in [1.29, 1.82) is 5.26 Å². The van der Waals surface area contributed by atoms with Gasteiger partial charge in [-0.2, -0.15) is 10.3 Å². The highest BCUT2D eigenvalue weighted by Gasteiger charge is 2.30. The minimum absolute atomic E-state index is 0.209. The summed E-state index contributed by atoms with van der Waals surface area (Å²) in [5.41, 5.74) is 0.643. The van der Waals surface area contributed by atoms with Crippen LogP contribution in [-0.2, 0) is 22.4 Å². The van der Waals surface area contributed by atoms with Crippen molar-refractivity contribution in [2.75, 3.05) is 13.7 Å². The molecule has 1 aliphatic heterocycles. The molecule has 7 heteroatoms. The molecule has 1 amide bonds. The first-order chi connectivity index (χ1) is 10.4. The van der Waals surface area contributed by atoms with E-state index in [4.69, 9.17) is 13.9 Å². The fourth-order valence-electron chi connectivity index (χ4n) is 2.18. The Labute approximate surface area is 129 Å². The van der Waals surface area contributed by atoms with Gasteiger partial charge < -0.3 is 18.8 Å². The number of rotatable bonds is 2. The molecule has 22 heavy (non-hydrogen) atoms. The van der Waals surface area contributed by atoms with Crippen LogP contribution in [0.5, 0.6) is 0 Å². The zero-order chi connectivity index (χ0) is 16.3. The normalized spacial score (nSPS) is 14.6. The van der Waals surface area contributed by atoms with Crippen molar-refractivity contribution >= 4 is 18.4 Å². The smallest absolute Gasteiger partial charge is 0.410 e. The third-order valence-corrected chi connectivity index (χ3v) is 3.08. The Hall–Kier alpha value is -2.49. The number of aliphatic imine (C=N–C) groups is 1. The van der Waals surface area contributed by atoms with E-state index in [0.29, 0.717) is 24.3 Å². The van der Waals surface area contributed by atoms with Crippen molar-refractivity contribution in [1.82, 2.24) is 4.90 Å². The van der Waals surface area contributed by atoms with E-state index >= 15 is 0 Å². The Kier molecular flexibility index (Phi) is 4.40. The van der Waals surface area contributed by atoms with Crippen molar-refractivity contribution in [2.45, 2.75) is 39.3 Å². The maximum Gasteiger partial charge on any atom is 0.410 e. The zero-order valence-electron chi connectivity index (χ0n) is 13.2. The molecule has 0 aromatic carbocycles. The van der Waals surface area contributed by atoms with Crippen LogP contribution in [0.2, 0.25) is 0 Å². The second-order valence-corrected chi connectivity index (χ2v) is 5.92. The molecule has 0 saturated carbocycles. The minimum Gasteiger partial charge on any atom is -0.486 e. The number of amides is 1. The number of fused-ring (bicyclic) bond motifs is 1. The molecule has 7 nitrogen and oxygen atoms in total. The zero-order valence-corrected chi connectivity index (χ0v) is 13.2. The van der Waals surface area contributed by atoms with Gasteiger partial charge in [0.1, 0.15) is 23.0 Å². The van der Waals surface area contributed by atoms with Crippen molar-refractivity contribution in [3.63, 3.8) is 0 Å². The van der Waals surface area contributed by atoms with Crippen LogP contribution in [0.3, 0.4) is 0 Å². The summed E-state index contributed by atoms with van der Waals surface area (Å²) < 4.78 is 15.7. The van der Waals surface area contributed by atoms with Crippen molar-refractivity contribution in [3.8, 4) is 6.07 Å². The lowest BCUT2D eigenvalue weighted by molar-refractivity contribution is 0.0209. The van der Waals surface area contributed by atoms with Crippen LogP contribution >= 0.6 is 0 Å². The maximum absolute atomic E-state index is 12.1. The second-order valence-electron chi connectivity index (χ2n) is 5.92. The summed E-state index contributed by atoms with van der Waals surface area (Å²) >= 11 is 0. The predicted octanol–water partition coefficient (Wildman–Crippen LogP) is 2.75. The fraction of sp³-hybridized carbons (Fsp3) is 0.533. The summed E-state index contributed by atoms with van der Waals surface area (Å²) in [6.45, 7) is 6.19. The van der Waals surface area contributed by atoms with Crippen molar-refractivity contribution in [2.24, 2.45) is 4.99 Å². The Balaban J connectivity index is 2.21. The van der Waals surface area contributed by atoms with E-state index in [-0.39, 0.29) is 12.4 Å². The predicted molar refractivity (Wildman–Crippen MR) is 78.9 cm³/mol. The van der Waals surface area contributed by atoms with E-state index in [0.717, 1.165) is 5.56 Å². The lowest BCUT2D eigenvalue weighted by atomic mass is 10.0. The van der Waals surface area contributed by atoms with Gasteiger partial charge in [0.2, 0.25) is 5.88 Å². The number of ether oxygens (including phenoxy) is 2. The molecule has 0 bridgehead atoms. The van der Waals surface area contributed by atoms with Crippen LogP contribution in [0.25, 0.3) is 0 Å². The van der Waals surface area contributed by atoms with Crippen LogP contribution in [0.1, 0.15) is 37.7 Å². The highest BCUT2D eigenvalue weighted by atomic mass is 16.6. The van der Waals surface area contributed by atoms with Crippen molar-refractivity contribution < 1.29 is 18.7 Å². The van der Waals surface area contributed by atoms with Gasteiger partial charge >= 0.3 is 6.09 Å². The number of methoxy groups -OCH3 is 1. The molecule has 118 valence electrons. The van der Waals surface area contributed by atoms with Gasteiger partial charge in [0.15, 0.2) is 6.40 Å². The SMILES string of the molecule is CO/C=N/c1oc2c(c1C#N)CCN(C(=O)OC(C)(C)C)C2. The molecule has 0 N–H and O–H groups in total. The molecule has 1 aromatic heterocycles. The summed E-state index contributed by atoms with van der Waals surface area (Å²) in [4.78, 5) is 17.6. The van der Waals surface area contributed by atoms with Gasteiger partial charge in [-0.15, -0.1) is 0 Å². The Bertz CT molecular complexity index is 634. The molecule has 0 unspecified atom stereocenters. The summed E-state index contributed by atoms with van der Waals surface area (Å²) in [6.07, 6.45) is 1.34. The van der Waals surface area contributed by atoms with Crippen LogP contribution in [-0.4, -0.2) is 36.6 Å². The van der Waals surface area contributed by atoms with Crippen LogP contribution in [0.4, 0.5) is 10.7 Å². The average Bonchev–Trinajstić information content (AvgIpc) is 2.79. The van der Waals surface area contributed by atoms with E-state index in [2.05, 4.69) is 11.1 Å². The van der Waals surface area contributed by atoms with Crippen LogP contribution < -0.4 is 0 Å². The van der Waals surface area contributed by atoms with Gasteiger partial charge in [0.25, 0.3) is 0 Å². The Morgan fingerprint density at radius 1 is 1.50 bits per heavy atom. The molecular weight excluding hydrogens is 286 g/mol. The second kappa shape index (κ2) is 6.10. The van der Waals surface area contributed by atoms with E-state index in [1.165, 1.54) is 13.5 Å². The van der Waals surface area contributed by atoms with E-state index in [1.807, 2.05) is 20.8 Å². The maximum atomic E-state index is 12.1. The highest BCUT2D eigenvalue weighted by Crippen LogP contribution is 2.33. The van der Waals surface area contributed by atoms with Crippen molar-refractivity contribution in [3.05, 3.63) is 16.9 Å². The molecule has 2 rings (SSSR count). The molecule has 1 aromatic rings. The number of hydrogen-bond donors (Lipinski definition) is 0. The van der Waals surface area contributed by atoms with Crippen LogP contribution in [0, 0.1) is 11.3 Å². The standard InChI is InChI=1S/C15H19N3O4/c1-15(2,3)22-14(19)18-6-5-10-11(7-16)13(17-9-20-4)21-12(10)8-18/h9H,5-6,8H2,1-4H3/b17-9+. The minimum atomic E-state index is -0.549. The average molecular weight is 305 g/mol. The summed E-state index contributed by atoms with van der Waals surface area (Å²) in [5.74, 6) is 0.775. The van der Waals surface area contributed by atoms with E-state index in [1.54, 1.807) is 4.90 Å². The number of nitriles is 1. The van der Waals surface area contributed by atoms with Gasteiger partial charge in [0.05, 0.1) is 13.7 Å². The first-order valence-corrected chi connectivity index (χ1v) is 6.93. The summed E-state index contributed by atoms with van der Waals surface area (Å²) in [5, 5.41) is 9.26. The van der Waals surface area contributed by atoms with E-state index in [9.17, 15) is 10.1 Å². The Morgan fingerprint density at radius 2 is 2.23 bits per heavy atom. The quantitative estimate of drug-likeness (QED) is 0.619. The molecular formula is C15H19N3O4. The molecule has 0 radical (unpaired) electrons. The summed E-state index contributed by atoms with van der Waals surface area (Å²) in [7, 11) is 1.46. The molecule has 1 aliphatic rings. The van der Waals surface area contributed by atoms with Crippen LogP contribution in [0.15, 0.2) is 9.41 Å². The highest BCUT2D eigenvalue weighted by molar-refractivity contribution is 5.69. The third kappa shape index (κ3) is 3.39. The number of nitrogens with zero attached hydrogens (tertiary/aromatic N) is 3. The molecule has 0 aliphatic carbocycles. The first kappa shape index (κ1) is 15.9. The first-order valence-electron chi connectivity index (χ1n) is 6.93. The number of carbonyl (C=O) groups is 1. The van der Waals surface area contributed by atoms with Gasteiger partial charge in [0, 0.05) is 12.1 Å². The van der Waals surface area contributed by atoms with Gasteiger partial charge in [-0.05, 0) is 27.2 Å². The molecule has 0 fully saturated rings. The largest absolute Gasteiger partial charge is 0.486 e. The van der Waals surface area contributed by atoms with E-state index < -0.39 is 11.7 Å². The van der Waals surface area contributed by atoms with Gasteiger partial charge in [-0.25, -0.2) is 4.79 Å². The van der Waals surface area contributed by atoms with Gasteiger partial charge in [-0.1, -0.05) is 0 Å². The third-order valence-electron chi connectivity index (χ3n) is 3.08. The number of furan rings is 1. The lowest BCUT2D eigenvalue weighted by Gasteiger charge is -2.29. The number of carbonyl (C=O) groups excluding carboxylic acids is 1. The topological polar surface area (TPSA) is 88.1 Å². The Morgan fingerprint density at radius 3 is 2.82 bits per heavy atom. The van der Waals surface area contributed by atoms with Gasteiger partial charge in [-0.3, -0.25) is 0 Å². The molecule has 0 atom stereocenters. The molecule has 0 saturated heterocycles. The number of hydrogen-bond acceptors (Lipinski definition) is 6.